The standard InChI is InChI=1S/C20H17F3N6O.2C19H13ClF4N6.2C19H14ClF3N6O/c1-2-18-26-13-5-3-4-6-14(13)29(18)20-27-16(24)10-17(28-20)25-11-7-8-15(12(21)9-11)30-19(22)23;1-9-26-13-8-11(20)4-7-14(13)30(9)18-28-16(25)15(21)17(29-18)27-12-5-2-10(3-6-12)19(22,23)24;1-9-26-13-7-4-11(20)8-14(13)30(9)18-28-16(25)15(21)17(29-18)27-12-5-2-10(3-6-12)19(22,23)24;1-9-25-13-8-10(20)2-7-14(13)29(9)19-27-16(24)15(21)17(28-19)26-11-3-5-12(6-4-11)30-18(22)23;1-9-25-13-7-2-10(20)8-14(13)29(9)19-27-16(24)15(21)17(28-19)26-11-3-5-12(6-4-11)30-18(22)23/h3-10,19H,2H2,1H3,(H3,24,25,27,28);2*2-8H,1H3,(H3,25,27,28,29);2*2-8,18H,1H3,(H3,24,26,27,28). The predicted molar refractivity (Wildman–Crippen MR) is 532 cm³/mol. The summed E-state index contributed by atoms with van der Waals surface area (Å²) < 4.78 is 243. The maximum Gasteiger partial charge on any atom is 0.416 e. The molecule has 0 bridgehead atoms. The van der Waals surface area contributed by atoms with Crippen molar-refractivity contribution in [3.63, 3.8) is 0 Å². The predicted octanol–water partition coefficient (Wildman–Crippen LogP) is 24.7. The van der Waals surface area contributed by atoms with E-state index in [1.54, 1.807) is 123 Å². The Labute approximate surface area is 853 Å². The molecule has 54 heteroatoms. The van der Waals surface area contributed by atoms with E-state index >= 15 is 0 Å². The number of hydrogen-bond donors (Lipinski definition) is 10. The minimum absolute atomic E-state index is 0.0296. The van der Waals surface area contributed by atoms with Crippen molar-refractivity contribution in [2.24, 2.45) is 0 Å². The lowest BCUT2D eigenvalue weighted by Crippen LogP contribution is -2.11. The highest BCUT2D eigenvalue weighted by Gasteiger charge is 2.33. The number of alkyl halides is 12. The highest BCUT2D eigenvalue weighted by molar-refractivity contribution is 6.32. The van der Waals surface area contributed by atoms with Crippen molar-refractivity contribution in [2.75, 3.05) is 55.3 Å². The topological polar surface area (TPSA) is 436 Å². The van der Waals surface area contributed by atoms with Gasteiger partial charge in [0.2, 0.25) is 53.0 Å². The molecule has 0 saturated heterocycles. The molecule has 10 heterocycles. The van der Waals surface area contributed by atoms with Crippen LogP contribution in [0.3, 0.4) is 0 Å². The molecule has 15 N–H and O–H groups in total. The first-order chi connectivity index (χ1) is 71.3. The number of para-hydroxylation sites is 2. The zero-order valence-electron chi connectivity index (χ0n) is 77.2. The number of anilines is 15. The third-order valence-electron chi connectivity index (χ3n) is 21.3. The van der Waals surface area contributed by atoms with Crippen molar-refractivity contribution >= 4 is 188 Å². The van der Waals surface area contributed by atoms with Gasteiger partial charge >= 0.3 is 32.2 Å². The molecule has 33 nitrogen and oxygen atoms in total. The lowest BCUT2D eigenvalue weighted by Gasteiger charge is -2.12. The number of rotatable bonds is 22. The van der Waals surface area contributed by atoms with E-state index in [1.807, 2.05) is 31.2 Å². The molecule has 770 valence electrons. The fraction of sp³-hybridized carbons (Fsp3) is 0.115. The quantitative estimate of drug-likeness (QED) is 0.0282. The van der Waals surface area contributed by atoms with Crippen molar-refractivity contribution in [3.05, 3.63) is 308 Å². The fourth-order valence-electron chi connectivity index (χ4n) is 14.8. The van der Waals surface area contributed by atoms with E-state index in [1.165, 1.54) is 72.8 Å². The van der Waals surface area contributed by atoms with E-state index < -0.39 is 89.8 Å². The summed E-state index contributed by atoms with van der Waals surface area (Å²) in [5.74, 6) is -3.68. The maximum atomic E-state index is 14.6. The molecule has 0 aliphatic carbocycles. The Balaban J connectivity index is 0.000000133. The van der Waals surface area contributed by atoms with Gasteiger partial charge in [-0.2, -0.15) is 120 Å². The molecular formula is C96H71Cl4F17N30O3. The van der Waals surface area contributed by atoms with Gasteiger partial charge in [-0.15, -0.1) is 0 Å². The van der Waals surface area contributed by atoms with E-state index in [2.05, 4.69) is 116 Å². The van der Waals surface area contributed by atoms with Crippen LogP contribution in [0.15, 0.2) is 218 Å². The van der Waals surface area contributed by atoms with Gasteiger partial charge in [0, 0.05) is 67.1 Å². The second-order valence-corrected chi connectivity index (χ2v) is 33.3. The van der Waals surface area contributed by atoms with Crippen LogP contribution in [0.1, 0.15) is 47.2 Å². The summed E-state index contributed by atoms with van der Waals surface area (Å²) >= 11 is 24.2. The fourth-order valence-corrected chi connectivity index (χ4v) is 15.4. The van der Waals surface area contributed by atoms with Crippen molar-refractivity contribution < 1.29 is 88.8 Å². The number of imidazole rings is 5. The van der Waals surface area contributed by atoms with Gasteiger partial charge < -0.3 is 69.5 Å². The van der Waals surface area contributed by atoms with Crippen LogP contribution in [0.4, 0.5) is 161 Å². The van der Waals surface area contributed by atoms with Crippen LogP contribution in [0.25, 0.3) is 84.9 Å². The summed E-state index contributed by atoms with van der Waals surface area (Å²) in [5.41, 5.74) is 35.3. The lowest BCUT2D eigenvalue weighted by atomic mass is 10.2. The number of aryl methyl sites for hydroxylation is 5. The SMILES string of the molecule is CCc1nc2ccccc2n1-c1nc(N)cc(Nc2ccc(OC(F)F)c(F)c2)n1.Cc1nc2cc(Cl)ccc2n1-c1nc(N)c(F)c(Nc2ccc(C(F)(F)F)cc2)n1.Cc1nc2cc(Cl)ccc2n1-c1nc(N)c(F)c(Nc2ccc(OC(F)F)cc2)n1.Cc1nc2ccc(Cl)cc2n1-c1nc(N)c(F)c(Nc2ccc(C(F)(F)F)cc2)n1.Cc1nc2ccc(Cl)cc2n1-c1nc(N)c(F)c(Nc2ccc(OC(F)F)cc2)n1. The van der Waals surface area contributed by atoms with Crippen LogP contribution in [-0.4, -0.2) is 117 Å². The number of fused-ring (bicyclic) bond motifs is 5. The van der Waals surface area contributed by atoms with E-state index in [0.29, 0.717) is 117 Å². The molecule has 150 heavy (non-hydrogen) atoms. The number of nitrogens with one attached hydrogen (secondary N) is 5. The van der Waals surface area contributed by atoms with Gasteiger partial charge in [-0.25, -0.2) is 29.3 Å². The van der Waals surface area contributed by atoms with Crippen molar-refractivity contribution in [2.45, 2.75) is 73.2 Å². The van der Waals surface area contributed by atoms with E-state index in [0.717, 1.165) is 65.4 Å². The molecule has 20 rings (SSSR count). The second kappa shape index (κ2) is 43.9. The number of aromatic nitrogens is 20. The monoisotopic (exact) mass is 2150 g/mol. The average Bonchev–Trinajstić information content (AvgIpc) is 1.64. The van der Waals surface area contributed by atoms with E-state index in [9.17, 15) is 74.6 Å². The van der Waals surface area contributed by atoms with E-state index in [-0.39, 0.29) is 93.1 Å². The number of benzene rings is 10. The van der Waals surface area contributed by atoms with Crippen LogP contribution in [0, 0.1) is 56.8 Å². The van der Waals surface area contributed by atoms with Crippen LogP contribution < -0.4 is 69.5 Å². The molecule has 0 aliphatic rings. The minimum atomic E-state index is -4.47. The number of ether oxygens (including phenoxy) is 3. The van der Waals surface area contributed by atoms with Gasteiger partial charge in [0.15, 0.2) is 58.1 Å². The first kappa shape index (κ1) is 105. The summed E-state index contributed by atoms with van der Waals surface area (Å²) in [6.45, 7) is -0.118. The Morgan fingerprint density at radius 1 is 0.307 bits per heavy atom. The molecule has 0 amide bonds. The van der Waals surface area contributed by atoms with Crippen LogP contribution in [0.2, 0.25) is 20.1 Å². The average molecular weight is 2160 g/mol. The van der Waals surface area contributed by atoms with E-state index in [4.69, 9.17) is 75.1 Å². The molecule has 0 spiro atoms. The smallest absolute Gasteiger partial charge is 0.416 e. The summed E-state index contributed by atoms with van der Waals surface area (Å²) in [5, 5.41) is 15.7. The highest BCUT2D eigenvalue weighted by atomic mass is 35.5. The zero-order chi connectivity index (χ0) is 107. The number of halogens is 21. The number of hydrogen-bond acceptors (Lipinski definition) is 28. The Bertz CT molecular complexity index is 8420. The molecule has 0 radical (unpaired) electrons. The van der Waals surface area contributed by atoms with Crippen LogP contribution in [0.5, 0.6) is 17.2 Å². The molecule has 0 aliphatic heterocycles. The zero-order valence-corrected chi connectivity index (χ0v) is 80.2. The molecule has 0 unspecified atom stereocenters. The van der Waals surface area contributed by atoms with Gasteiger partial charge in [0.05, 0.1) is 66.3 Å². The number of nitrogens with two attached hydrogens (primary N) is 5. The molecule has 0 fully saturated rings. The van der Waals surface area contributed by atoms with Gasteiger partial charge in [-0.05, 0) is 222 Å². The normalized spacial score (nSPS) is 11.5. The second-order valence-electron chi connectivity index (χ2n) is 31.6. The van der Waals surface area contributed by atoms with Gasteiger partial charge in [0.1, 0.15) is 52.3 Å². The van der Waals surface area contributed by atoms with Crippen molar-refractivity contribution in [1.82, 2.24) is 97.6 Å². The van der Waals surface area contributed by atoms with Crippen molar-refractivity contribution in [3.8, 4) is 47.0 Å². The third kappa shape index (κ3) is 24.2. The minimum Gasteiger partial charge on any atom is -0.435 e. The molecule has 10 aromatic heterocycles. The Morgan fingerprint density at radius 3 is 0.987 bits per heavy atom. The number of nitrogens with zero attached hydrogens (tertiary/aromatic N) is 20. The first-order valence-electron chi connectivity index (χ1n) is 43.4. The highest BCUT2D eigenvalue weighted by Crippen LogP contribution is 2.39. The van der Waals surface area contributed by atoms with Crippen LogP contribution >= 0.6 is 46.4 Å². The Hall–Kier alpha value is -17.7. The first-order valence-corrected chi connectivity index (χ1v) is 44.9. The summed E-state index contributed by atoms with van der Waals surface area (Å²) in [7, 11) is 0. The van der Waals surface area contributed by atoms with Gasteiger partial charge in [-0.1, -0.05) is 65.5 Å². The van der Waals surface area contributed by atoms with Gasteiger partial charge in [-0.3, -0.25) is 22.8 Å². The van der Waals surface area contributed by atoms with Crippen molar-refractivity contribution in [1.29, 1.82) is 0 Å². The molecule has 10 aromatic carbocycles. The largest absolute Gasteiger partial charge is 0.435 e. The molecular weight excluding hydrogens is 2090 g/mol. The number of nitrogen functional groups attached to an aromatic ring is 5. The summed E-state index contributed by atoms with van der Waals surface area (Å²) in [4.78, 5) is 63.8. The Morgan fingerprint density at radius 2 is 0.627 bits per heavy atom. The van der Waals surface area contributed by atoms with Crippen LogP contribution in [-0.2, 0) is 18.8 Å². The molecule has 0 saturated carbocycles. The molecule has 20 aromatic rings. The molecule has 0 atom stereocenters. The summed E-state index contributed by atoms with van der Waals surface area (Å²) in [6, 6.07) is 52.1. The summed E-state index contributed by atoms with van der Waals surface area (Å²) in [6.07, 6.45) is -8.30. The third-order valence-corrected chi connectivity index (χ3v) is 22.3. The Kier molecular flexibility index (Phi) is 30.8. The lowest BCUT2D eigenvalue weighted by molar-refractivity contribution is -0.138. The van der Waals surface area contributed by atoms with Gasteiger partial charge in [0.25, 0.3) is 0 Å². The maximum absolute atomic E-state index is 14.6.